The number of nitrogens with one attached hydrogen (secondary N) is 1. The fourth-order valence-electron chi connectivity index (χ4n) is 2.83. The van der Waals surface area contributed by atoms with E-state index in [0.29, 0.717) is 0 Å². The van der Waals surface area contributed by atoms with Crippen molar-refractivity contribution in [1.82, 2.24) is 5.32 Å². The van der Waals surface area contributed by atoms with Gasteiger partial charge >= 0.3 is 0 Å². The highest BCUT2D eigenvalue weighted by Crippen LogP contribution is 2.38. The lowest BCUT2D eigenvalue weighted by atomic mass is 10.1. The van der Waals surface area contributed by atoms with Crippen LogP contribution in [-0.4, -0.2) is 18.6 Å². The van der Waals surface area contributed by atoms with Gasteiger partial charge in [-0.25, -0.2) is 0 Å². The van der Waals surface area contributed by atoms with Crippen molar-refractivity contribution in [3.05, 3.63) is 28.2 Å². The third-order valence-electron chi connectivity index (χ3n) is 4.67. The molecule has 3 heteroatoms. The molecule has 0 saturated heterocycles. The summed E-state index contributed by atoms with van der Waals surface area (Å²) < 4.78 is 1.27. The minimum absolute atomic E-state index is 0.777. The van der Waals surface area contributed by atoms with Crippen molar-refractivity contribution in [3.8, 4) is 0 Å². The van der Waals surface area contributed by atoms with Gasteiger partial charge in [0.05, 0.1) is 0 Å². The second-order valence-corrected chi connectivity index (χ2v) is 7.61. The first-order valence-electron chi connectivity index (χ1n) is 8.08. The Kier molecular flexibility index (Phi) is 3.51. The van der Waals surface area contributed by atoms with Crippen LogP contribution in [-0.2, 0) is 6.54 Å². The molecular weight excluding hydrogens is 312 g/mol. The first-order chi connectivity index (χ1) is 9.79. The highest BCUT2D eigenvalue weighted by atomic mass is 79.9. The summed E-state index contributed by atoms with van der Waals surface area (Å²) in [5.41, 5.74) is 2.81. The average Bonchev–Trinajstić information content (AvgIpc) is 3.25. The van der Waals surface area contributed by atoms with Gasteiger partial charge in [-0.15, -0.1) is 0 Å². The Morgan fingerprint density at radius 2 is 1.90 bits per heavy atom. The summed E-state index contributed by atoms with van der Waals surface area (Å²) in [5, 5.41) is 3.60. The third-order valence-corrected chi connectivity index (χ3v) is 5.40. The van der Waals surface area contributed by atoms with Crippen LogP contribution in [0.5, 0.6) is 0 Å². The zero-order valence-electron chi connectivity index (χ0n) is 11.9. The lowest BCUT2D eigenvalue weighted by Crippen LogP contribution is -2.28. The van der Waals surface area contributed by atoms with Gasteiger partial charge in [0.25, 0.3) is 0 Å². The number of nitrogens with zero attached hydrogens (tertiary/aromatic N) is 1. The van der Waals surface area contributed by atoms with Crippen LogP contribution in [0.2, 0.25) is 0 Å². The zero-order chi connectivity index (χ0) is 13.5. The van der Waals surface area contributed by atoms with Crippen molar-refractivity contribution in [1.29, 1.82) is 0 Å². The summed E-state index contributed by atoms with van der Waals surface area (Å²) in [6.45, 7) is 2.27. The molecule has 4 rings (SSSR count). The summed E-state index contributed by atoms with van der Waals surface area (Å²) in [6.07, 6.45) is 8.35. The van der Waals surface area contributed by atoms with E-state index >= 15 is 0 Å². The molecule has 0 radical (unpaired) electrons. The molecule has 0 spiro atoms. The maximum atomic E-state index is 3.77. The van der Waals surface area contributed by atoms with Crippen molar-refractivity contribution >= 4 is 21.6 Å². The summed E-state index contributed by atoms with van der Waals surface area (Å²) in [5.74, 6) is 0.964. The average molecular weight is 335 g/mol. The third kappa shape index (κ3) is 3.20. The van der Waals surface area contributed by atoms with E-state index in [4.69, 9.17) is 0 Å². The van der Waals surface area contributed by atoms with E-state index in [1.54, 1.807) is 0 Å². The first kappa shape index (κ1) is 13.1. The molecule has 0 heterocycles. The van der Waals surface area contributed by atoms with E-state index < -0.39 is 0 Å². The van der Waals surface area contributed by atoms with Crippen molar-refractivity contribution < 1.29 is 0 Å². The highest BCUT2D eigenvalue weighted by molar-refractivity contribution is 9.10. The fraction of sp³-hybridized carbons (Fsp3) is 0.647. The molecule has 3 aliphatic rings. The van der Waals surface area contributed by atoms with E-state index in [1.807, 2.05) is 0 Å². The maximum Gasteiger partial charge on any atom is 0.0380 e. The molecule has 0 unspecified atom stereocenters. The topological polar surface area (TPSA) is 15.3 Å². The van der Waals surface area contributed by atoms with E-state index in [2.05, 4.69) is 44.3 Å². The fourth-order valence-corrected chi connectivity index (χ4v) is 3.34. The lowest BCUT2D eigenvalue weighted by molar-refractivity contribution is 0.685. The molecule has 3 saturated carbocycles. The Balaban J connectivity index is 1.46. The molecule has 0 bridgehead atoms. The molecule has 3 fully saturated rings. The van der Waals surface area contributed by atoms with E-state index in [1.165, 1.54) is 60.8 Å². The molecule has 0 aromatic heterocycles. The maximum absolute atomic E-state index is 3.77. The molecule has 1 N–H and O–H groups in total. The first-order valence-corrected chi connectivity index (χ1v) is 8.87. The number of hydrogen-bond acceptors (Lipinski definition) is 2. The molecule has 0 aliphatic heterocycles. The quantitative estimate of drug-likeness (QED) is 0.808. The monoisotopic (exact) mass is 334 g/mol. The summed E-state index contributed by atoms with van der Waals surface area (Å²) in [7, 11) is 0. The van der Waals surface area contributed by atoms with Gasteiger partial charge in [-0.1, -0.05) is 22.0 Å². The summed E-state index contributed by atoms with van der Waals surface area (Å²) in [6, 6.07) is 8.56. The van der Waals surface area contributed by atoms with Crippen LogP contribution in [0.4, 0.5) is 5.69 Å². The minimum atomic E-state index is 0.777. The molecule has 20 heavy (non-hydrogen) atoms. The van der Waals surface area contributed by atoms with Crippen LogP contribution in [0.15, 0.2) is 22.7 Å². The SMILES string of the molecule is Brc1cc(N(CC2CC2)C2CC2)ccc1CNC1CC1. The van der Waals surface area contributed by atoms with E-state index in [-0.39, 0.29) is 0 Å². The lowest BCUT2D eigenvalue weighted by Gasteiger charge is -2.25. The van der Waals surface area contributed by atoms with Crippen LogP contribution < -0.4 is 10.2 Å². The van der Waals surface area contributed by atoms with Gasteiger partial charge < -0.3 is 10.2 Å². The number of benzene rings is 1. The molecule has 108 valence electrons. The molecule has 3 aliphatic carbocycles. The van der Waals surface area contributed by atoms with Crippen molar-refractivity contribution in [3.63, 3.8) is 0 Å². The van der Waals surface area contributed by atoms with Gasteiger partial charge in [-0.2, -0.15) is 0 Å². The predicted molar refractivity (Wildman–Crippen MR) is 87.1 cm³/mol. The smallest absolute Gasteiger partial charge is 0.0380 e. The van der Waals surface area contributed by atoms with Gasteiger partial charge in [0, 0.05) is 35.3 Å². The molecular formula is C17H23BrN2. The van der Waals surface area contributed by atoms with Crippen LogP contribution in [0.25, 0.3) is 0 Å². The van der Waals surface area contributed by atoms with Crippen molar-refractivity contribution in [2.45, 2.75) is 57.2 Å². The largest absolute Gasteiger partial charge is 0.368 e. The van der Waals surface area contributed by atoms with E-state index in [9.17, 15) is 0 Å². The highest BCUT2D eigenvalue weighted by Gasteiger charge is 2.34. The second kappa shape index (κ2) is 5.34. The Morgan fingerprint density at radius 3 is 2.50 bits per heavy atom. The number of halogens is 1. The van der Waals surface area contributed by atoms with Crippen LogP contribution in [0.3, 0.4) is 0 Å². The standard InChI is InChI=1S/C17H23BrN2/c18-17-9-16(6-3-13(17)10-19-14-4-5-14)20(15-7-8-15)11-12-1-2-12/h3,6,9,12,14-15,19H,1-2,4-5,7-8,10-11H2. The Morgan fingerprint density at radius 1 is 1.10 bits per heavy atom. The van der Waals surface area contributed by atoms with E-state index in [0.717, 1.165) is 24.5 Å². The van der Waals surface area contributed by atoms with Crippen molar-refractivity contribution in [2.24, 2.45) is 5.92 Å². The van der Waals surface area contributed by atoms with Gasteiger partial charge in [0.1, 0.15) is 0 Å². The normalized spacial score (nSPS) is 22.1. The Labute approximate surface area is 130 Å². The number of hydrogen-bond donors (Lipinski definition) is 1. The molecule has 0 atom stereocenters. The van der Waals surface area contributed by atoms with Crippen LogP contribution >= 0.6 is 15.9 Å². The molecule has 2 nitrogen and oxygen atoms in total. The number of anilines is 1. The van der Waals surface area contributed by atoms with Gasteiger partial charge in [-0.3, -0.25) is 0 Å². The minimum Gasteiger partial charge on any atom is -0.368 e. The summed E-state index contributed by atoms with van der Waals surface area (Å²) in [4.78, 5) is 2.65. The van der Waals surface area contributed by atoms with Gasteiger partial charge in [0.15, 0.2) is 0 Å². The molecule has 0 amide bonds. The predicted octanol–water partition coefficient (Wildman–Crippen LogP) is 4.08. The number of rotatable bonds is 7. The molecule has 1 aromatic rings. The Hall–Kier alpha value is -0.540. The zero-order valence-corrected chi connectivity index (χ0v) is 13.5. The Bertz CT molecular complexity index is 490. The molecule has 1 aromatic carbocycles. The van der Waals surface area contributed by atoms with Crippen LogP contribution in [0, 0.1) is 5.92 Å². The van der Waals surface area contributed by atoms with Gasteiger partial charge in [-0.05, 0) is 62.1 Å². The second-order valence-electron chi connectivity index (χ2n) is 6.76. The summed E-state index contributed by atoms with van der Waals surface area (Å²) >= 11 is 3.77. The van der Waals surface area contributed by atoms with Crippen molar-refractivity contribution in [2.75, 3.05) is 11.4 Å². The van der Waals surface area contributed by atoms with Gasteiger partial charge in [0.2, 0.25) is 0 Å². The van der Waals surface area contributed by atoms with Crippen LogP contribution in [0.1, 0.15) is 44.1 Å².